The highest BCUT2D eigenvalue weighted by molar-refractivity contribution is 6.32. The second-order valence-corrected chi connectivity index (χ2v) is 8.93. The summed E-state index contributed by atoms with van der Waals surface area (Å²) in [6.07, 6.45) is 4.63. The first kappa shape index (κ1) is 23.3. The first-order chi connectivity index (χ1) is 16.1. The molecule has 33 heavy (non-hydrogen) atoms. The van der Waals surface area contributed by atoms with Crippen LogP contribution < -0.4 is 15.0 Å². The molecule has 0 spiro atoms. The highest BCUT2D eigenvalue weighted by Gasteiger charge is 2.14. The van der Waals surface area contributed by atoms with Crippen LogP contribution in [0.5, 0.6) is 5.75 Å². The number of likely N-dealkylation sites (N-methyl/N-ethyl adjacent to an activating group) is 1. The Hall–Kier alpha value is -2.83. The fourth-order valence-electron chi connectivity index (χ4n) is 4.09. The molecule has 0 atom stereocenters. The molecule has 0 amide bonds. The topological polar surface area (TPSA) is 53.5 Å². The Bertz CT molecular complexity index is 1060. The number of piperazine rings is 1. The van der Waals surface area contributed by atoms with Gasteiger partial charge in [-0.2, -0.15) is 0 Å². The van der Waals surface area contributed by atoms with Crippen LogP contribution in [0, 0.1) is 0 Å². The van der Waals surface area contributed by atoms with E-state index in [1.807, 2.05) is 24.4 Å². The van der Waals surface area contributed by atoms with E-state index in [1.165, 1.54) is 11.3 Å². The molecule has 1 aliphatic heterocycles. The van der Waals surface area contributed by atoms with Crippen molar-refractivity contribution in [3.63, 3.8) is 0 Å². The van der Waals surface area contributed by atoms with Gasteiger partial charge >= 0.3 is 0 Å². The van der Waals surface area contributed by atoms with Gasteiger partial charge in [-0.15, -0.1) is 0 Å². The third-order valence-electron chi connectivity index (χ3n) is 6.05. The maximum atomic E-state index is 6.20. The van der Waals surface area contributed by atoms with E-state index >= 15 is 0 Å². The van der Waals surface area contributed by atoms with Gasteiger partial charge in [0.1, 0.15) is 5.75 Å². The van der Waals surface area contributed by atoms with E-state index in [-0.39, 0.29) is 0 Å². The SMILES string of the molecule is CCCc1cnc(Nc2ccc(N3CCN(C)CC3)cc2)nc1Cc1ccc(Cl)c(OC)c1. The number of halogens is 1. The summed E-state index contributed by atoms with van der Waals surface area (Å²) in [5, 5.41) is 3.98. The maximum Gasteiger partial charge on any atom is 0.227 e. The van der Waals surface area contributed by atoms with Crippen LogP contribution in [0.15, 0.2) is 48.7 Å². The van der Waals surface area contributed by atoms with Gasteiger partial charge in [0.25, 0.3) is 0 Å². The van der Waals surface area contributed by atoms with E-state index in [0.29, 0.717) is 23.1 Å². The second kappa shape index (κ2) is 10.9. The Kier molecular flexibility index (Phi) is 7.68. The number of anilines is 3. The van der Waals surface area contributed by atoms with E-state index in [0.717, 1.165) is 56.0 Å². The number of hydrogen-bond acceptors (Lipinski definition) is 6. The Labute approximate surface area is 201 Å². The molecule has 1 aromatic heterocycles. The minimum atomic E-state index is 0.609. The van der Waals surface area contributed by atoms with Crippen LogP contribution in [0.2, 0.25) is 5.02 Å². The summed E-state index contributed by atoms with van der Waals surface area (Å²) in [5.74, 6) is 1.29. The quantitative estimate of drug-likeness (QED) is 0.495. The van der Waals surface area contributed by atoms with E-state index < -0.39 is 0 Å². The fourth-order valence-corrected chi connectivity index (χ4v) is 4.29. The van der Waals surface area contributed by atoms with Crippen LogP contribution in [0.25, 0.3) is 0 Å². The van der Waals surface area contributed by atoms with Crippen molar-refractivity contribution >= 4 is 28.9 Å². The third kappa shape index (κ3) is 5.95. The van der Waals surface area contributed by atoms with Crippen LogP contribution in [-0.4, -0.2) is 55.2 Å². The van der Waals surface area contributed by atoms with Crippen LogP contribution in [-0.2, 0) is 12.8 Å². The third-order valence-corrected chi connectivity index (χ3v) is 6.36. The van der Waals surface area contributed by atoms with E-state index in [1.54, 1.807) is 7.11 Å². The number of aryl methyl sites for hydroxylation is 1. The maximum absolute atomic E-state index is 6.20. The molecule has 0 bridgehead atoms. The summed E-state index contributed by atoms with van der Waals surface area (Å²) in [7, 11) is 3.81. The number of nitrogens with zero attached hydrogens (tertiary/aromatic N) is 4. The number of rotatable bonds is 8. The van der Waals surface area contributed by atoms with Crippen molar-refractivity contribution in [2.75, 3.05) is 50.6 Å². The Morgan fingerprint density at radius 2 is 1.82 bits per heavy atom. The fraction of sp³-hybridized carbons (Fsp3) is 0.385. The van der Waals surface area contributed by atoms with Gasteiger partial charge in [0, 0.05) is 50.2 Å². The molecule has 0 radical (unpaired) electrons. The summed E-state index contributed by atoms with van der Waals surface area (Å²) in [4.78, 5) is 14.2. The summed E-state index contributed by atoms with van der Waals surface area (Å²) in [6.45, 7) is 6.48. The Balaban J connectivity index is 1.50. The molecule has 0 aliphatic carbocycles. The average molecular weight is 466 g/mol. The zero-order valence-corrected chi connectivity index (χ0v) is 20.4. The van der Waals surface area contributed by atoms with Crippen LogP contribution in [0.4, 0.5) is 17.3 Å². The monoisotopic (exact) mass is 465 g/mol. The minimum Gasteiger partial charge on any atom is -0.495 e. The van der Waals surface area contributed by atoms with Crippen LogP contribution in [0.3, 0.4) is 0 Å². The number of ether oxygens (including phenoxy) is 1. The number of methoxy groups -OCH3 is 1. The average Bonchev–Trinajstić information content (AvgIpc) is 2.83. The van der Waals surface area contributed by atoms with Gasteiger partial charge in [-0.1, -0.05) is 31.0 Å². The molecule has 0 unspecified atom stereocenters. The van der Waals surface area contributed by atoms with E-state index in [9.17, 15) is 0 Å². The van der Waals surface area contributed by atoms with Gasteiger partial charge in [0.05, 0.1) is 17.8 Å². The van der Waals surface area contributed by atoms with Gasteiger partial charge in [0.2, 0.25) is 5.95 Å². The molecular formula is C26H32ClN5O. The van der Waals surface area contributed by atoms with Gasteiger partial charge in [0.15, 0.2) is 0 Å². The predicted octanol–water partition coefficient (Wildman–Crippen LogP) is 5.18. The number of benzene rings is 2. The van der Waals surface area contributed by atoms with E-state index in [2.05, 4.69) is 58.3 Å². The number of nitrogens with one attached hydrogen (secondary N) is 1. The first-order valence-corrected chi connectivity index (χ1v) is 11.9. The summed E-state index contributed by atoms with van der Waals surface area (Å²) >= 11 is 6.20. The number of aromatic nitrogens is 2. The molecule has 174 valence electrons. The van der Waals surface area contributed by atoms with Crippen molar-refractivity contribution in [3.05, 3.63) is 70.5 Å². The highest BCUT2D eigenvalue weighted by atomic mass is 35.5. The van der Waals surface area contributed by atoms with Crippen LogP contribution in [0.1, 0.15) is 30.2 Å². The lowest BCUT2D eigenvalue weighted by Gasteiger charge is -2.34. The molecular weight excluding hydrogens is 434 g/mol. The standard InChI is InChI=1S/C26H32ClN5O/c1-4-5-20-18-28-26(30-24(20)16-19-6-11-23(27)25(17-19)33-3)29-21-7-9-22(10-8-21)32-14-12-31(2)13-15-32/h6-11,17-18H,4-5,12-16H2,1-3H3,(H,28,29,30). The number of hydrogen-bond donors (Lipinski definition) is 1. The Morgan fingerprint density at radius 3 is 2.52 bits per heavy atom. The van der Waals surface area contributed by atoms with Gasteiger partial charge in [-0.3, -0.25) is 0 Å². The van der Waals surface area contributed by atoms with Crippen molar-refractivity contribution in [1.82, 2.24) is 14.9 Å². The van der Waals surface area contributed by atoms with Crippen molar-refractivity contribution in [1.29, 1.82) is 0 Å². The van der Waals surface area contributed by atoms with E-state index in [4.69, 9.17) is 21.3 Å². The molecule has 3 aromatic rings. The van der Waals surface area contributed by atoms with Crippen LogP contribution >= 0.6 is 11.6 Å². The molecule has 2 heterocycles. The summed E-state index contributed by atoms with van der Waals surface area (Å²) in [5.41, 5.74) is 5.53. The molecule has 1 N–H and O–H groups in total. The zero-order valence-electron chi connectivity index (χ0n) is 19.6. The van der Waals surface area contributed by atoms with Crippen molar-refractivity contribution in [2.24, 2.45) is 0 Å². The summed E-state index contributed by atoms with van der Waals surface area (Å²) < 4.78 is 5.38. The molecule has 1 aliphatic rings. The van der Waals surface area contributed by atoms with Gasteiger partial charge in [-0.05, 0) is 61.0 Å². The second-order valence-electron chi connectivity index (χ2n) is 8.52. The summed E-state index contributed by atoms with van der Waals surface area (Å²) in [6, 6.07) is 14.4. The molecule has 1 fully saturated rings. The van der Waals surface area contributed by atoms with Crippen molar-refractivity contribution in [3.8, 4) is 5.75 Å². The van der Waals surface area contributed by atoms with Gasteiger partial charge < -0.3 is 19.9 Å². The van der Waals surface area contributed by atoms with Crippen molar-refractivity contribution < 1.29 is 4.74 Å². The zero-order chi connectivity index (χ0) is 23.2. The lowest BCUT2D eigenvalue weighted by Crippen LogP contribution is -2.44. The molecule has 0 saturated carbocycles. The largest absolute Gasteiger partial charge is 0.495 e. The smallest absolute Gasteiger partial charge is 0.227 e. The molecule has 2 aromatic carbocycles. The molecule has 4 rings (SSSR count). The lowest BCUT2D eigenvalue weighted by molar-refractivity contribution is 0.313. The minimum absolute atomic E-state index is 0.609. The lowest BCUT2D eigenvalue weighted by atomic mass is 10.0. The first-order valence-electron chi connectivity index (χ1n) is 11.5. The highest BCUT2D eigenvalue weighted by Crippen LogP contribution is 2.27. The van der Waals surface area contributed by atoms with Gasteiger partial charge in [-0.25, -0.2) is 9.97 Å². The Morgan fingerprint density at radius 1 is 1.06 bits per heavy atom. The molecule has 1 saturated heterocycles. The molecule has 7 heteroatoms. The molecule has 6 nitrogen and oxygen atoms in total. The predicted molar refractivity (Wildman–Crippen MR) is 136 cm³/mol. The normalized spacial score (nSPS) is 14.4. The van der Waals surface area contributed by atoms with Crippen molar-refractivity contribution in [2.45, 2.75) is 26.2 Å².